The molecule has 0 atom stereocenters. The summed E-state index contributed by atoms with van der Waals surface area (Å²) in [5.74, 6) is -4.06. The van der Waals surface area contributed by atoms with Crippen LogP contribution in [0.2, 0.25) is 0 Å². The minimum absolute atomic E-state index is 0.0545. The second-order valence-electron chi connectivity index (χ2n) is 5.46. The van der Waals surface area contributed by atoms with E-state index in [9.17, 15) is 18.0 Å². The van der Waals surface area contributed by atoms with Crippen LogP contribution in [-0.2, 0) is 0 Å². The largest absolute Gasteiger partial charge is 0.497 e. The number of aromatic nitrogens is 1. The molecule has 1 aromatic heterocycles. The highest BCUT2D eigenvalue weighted by Crippen LogP contribution is 2.24. The number of methoxy groups -OCH3 is 1. The predicted octanol–water partition coefficient (Wildman–Crippen LogP) is 4.50. The third kappa shape index (κ3) is 4.17. The Kier molecular flexibility index (Phi) is 5.25. The van der Waals surface area contributed by atoms with Gasteiger partial charge in [-0.3, -0.25) is 9.78 Å². The van der Waals surface area contributed by atoms with Crippen molar-refractivity contribution in [3.8, 4) is 5.75 Å². The fraction of sp³-hybridized carbons (Fsp3) is 0.0526. The van der Waals surface area contributed by atoms with E-state index in [0.29, 0.717) is 11.4 Å². The Labute approximate surface area is 152 Å². The molecule has 0 fully saturated rings. The monoisotopic (exact) mass is 373 g/mol. The van der Waals surface area contributed by atoms with E-state index in [0.717, 1.165) is 12.1 Å². The van der Waals surface area contributed by atoms with Gasteiger partial charge in [0.15, 0.2) is 17.5 Å². The average Bonchev–Trinajstić information content (AvgIpc) is 2.69. The Balaban J connectivity index is 1.76. The van der Waals surface area contributed by atoms with Gasteiger partial charge in [-0.25, -0.2) is 13.2 Å². The molecule has 2 aromatic carbocycles. The normalized spacial score (nSPS) is 10.4. The first kappa shape index (κ1) is 18.2. The molecule has 1 amide bonds. The van der Waals surface area contributed by atoms with Gasteiger partial charge in [-0.05, 0) is 48.5 Å². The minimum atomic E-state index is -1.58. The van der Waals surface area contributed by atoms with Gasteiger partial charge in [0.25, 0.3) is 5.91 Å². The van der Waals surface area contributed by atoms with Crippen LogP contribution in [-0.4, -0.2) is 18.0 Å². The van der Waals surface area contributed by atoms with Crippen LogP contribution in [0, 0.1) is 17.5 Å². The Bertz CT molecular complexity index is 978. The van der Waals surface area contributed by atoms with Gasteiger partial charge in [-0.1, -0.05) is 0 Å². The SMILES string of the molecule is COc1ccc(NC(=O)c2cc(Nc3ccc(F)c(F)c3F)ccn2)cc1. The van der Waals surface area contributed by atoms with Gasteiger partial charge in [0.05, 0.1) is 12.8 Å². The van der Waals surface area contributed by atoms with Crippen LogP contribution in [0.1, 0.15) is 10.5 Å². The molecule has 3 aromatic rings. The summed E-state index contributed by atoms with van der Waals surface area (Å²) in [4.78, 5) is 16.3. The number of nitrogens with zero attached hydrogens (tertiary/aromatic N) is 1. The van der Waals surface area contributed by atoms with Crippen molar-refractivity contribution >= 4 is 23.0 Å². The van der Waals surface area contributed by atoms with Crippen molar-refractivity contribution in [3.05, 3.63) is 77.9 Å². The molecule has 0 unspecified atom stereocenters. The van der Waals surface area contributed by atoms with Crippen molar-refractivity contribution in [1.82, 2.24) is 4.98 Å². The maximum Gasteiger partial charge on any atom is 0.274 e. The van der Waals surface area contributed by atoms with Gasteiger partial charge in [-0.15, -0.1) is 0 Å². The number of rotatable bonds is 5. The van der Waals surface area contributed by atoms with Crippen LogP contribution in [0.4, 0.5) is 30.2 Å². The number of carbonyl (C=O) groups excluding carboxylic acids is 1. The van der Waals surface area contributed by atoms with E-state index in [-0.39, 0.29) is 17.1 Å². The number of amides is 1. The smallest absolute Gasteiger partial charge is 0.274 e. The summed E-state index contributed by atoms with van der Waals surface area (Å²) in [6, 6.07) is 11.4. The Morgan fingerprint density at radius 2 is 1.70 bits per heavy atom. The standard InChI is InChI=1S/C19H14F3N3O2/c1-27-13-4-2-11(3-5-13)25-19(26)16-10-12(8-9-23-16)24-15-7-6-14(20)17(21)18(15)22/h2-10H,1H3,(H,23,24)(H,25,26). The number of carbonyl (C=O) groups is 1. The van der Waals surface area contributed by atoms with Crippen molar-refractivity contribution in [1.29, 1.82) is 0 Å². The molecular weight excluding hydrogens is 359 g/mol. The summed E-state index contributed by atoms with van der Waals surface area (Å²) in [7, 11) is 1.53. The van der Waals surface area contributed by atoms with E-state index in [1.807, 2.05) is 0 Å². The van der Waals surface area contributed by atoms with E-state index >= 15 is 0 Å². The Hall–Kier alpha value is -3.55. The average molecular weight is 373 g/mol. The van der Waals surface area contributed by atoms with Gasteiger partial charge >= 0.3 is 0 Å². The maximum atomic E-state index is 13.8. The zero-order valence-electron chi connectivity index (χ0n) is 14.1. The molecule has 0 aliphatic heterocycles. The summed E-state index contributed by atoms with van der Waals surface area (Å²) in [6.07, 6.45) is 1.34. The number of pyridine rings is 1. The molecule has 27 heavy (non-hydrogen) atoms. The van der Waals surface area contributed by atoms with Crippen LogP contribution in [0.3, 0.4) is 0 Å². The van der Waals surface area contributed by atoms with Crippen LogP contribution in [0.5, 0.6) is 5.75 Å². The minimum Gasteiger partial charge on any atom is -0.497 e. The van der Waals surface area contributed by atoms with Crippen molar-refractivity contribution in [2.45, 2.75) is 0 Å². The summed E-state index contributed by atoms with van der Waals surface area (Å²) < 4.78 is 45.1. The highest BCUT2D eigenvalue weighted by molar-refractivity contribution is 6.03. The van der Waals surface area contributed by atoms with Crippen molar-refractivity contribution < 1.29 is 22.7 Å². The van der Waals surface area contributed by atoms with Crippen LogP contribution in [0.25, 0.3) is 0 Å². The van der Waals surface area contributed by atoms with E-state index in [1.165, 1.54) is 25.4 Å². The number of hydrogen-bond acceptors (Lipinski definition) is 4. The maximum absolute atomic E-state index is 13.8. The molecule has 0 radical (unpaired) electrons. The second kappa shape index (κ2) is 7.77. The molecule has 0 saturated carbocycles. The Morgan fingerprint density at radius 1 is 0.963 bits per heavy atom. The van der Waals surface area contributed by atoms with Crippen molar-refractivity contribution in [2.24, 2.45) is 0 Å². The number of ether oxygens (including phenoxy) is 1. The molecule has 138 valence electrons. The van der Waals surface area contributed by atoms with Gasteiger partial charge in [0.1, 0.15) is 11.4 Å². The molecule has 0 bridgehead atoms. The summed E-state index contributed by atoms with van der Waals surface area (Å²) in [5, 5.41) is 5.26. The fourth-order valence-corrected chi connectivity index (χ4v) is 2.28. The molecule has 1 heterocycles. The van der Waals surface area contributed by atoms with Crippen LogP contribution >= 0.6 is 0 Å². The first-order chi connectivity index (χ1) is 13.0. The predicted molar refractivity (Wildman–Crippen MR) is 94.8 cm³/mol. The molecule has 0 aliphatic rings. The quantitative estimate of drug-likeness (QED) is 0.647. The molecule has 8 heteroatoms. The van der Waals surface area contributed by atoms with E-state index in [4.69, 9.17) is 4.74 Å². The van der Waals surface area contributed by atoms with Crippen molar-refractivity contribution in [2.75, 3.05) is 17.7 Å². The van der Waals surface area contributed by atoms with Gasteiger partial charge in [0, 0.05) is 17.6 Å². The first-order valence-corrected chi connectivity index (χ1v) is 7.80. The van der Waals surface area contributed by atoms with Crippen molar-refractivity contribution in [3.63, 3.8) is 0 Å². The molecule has 5 nitrogen and oxygen atoms in total. The molecular formula is C19H14F3N3O2. The third-order valence-electron chi connectivity index (χ3n) is 3.65. The molecule has 0 aliphatic carbocycles. The van der Waals surface area contributed by atoms with Gasteiger partial charge < -0.3 is 15.4 Å². The molecule has 0 saturated heterocycles. The third-order valence-corrected chi connectivity index (χ3v) is 3.65. The summed E-state index contributed by atoms with van der Waals surface area (Å²) >= 11 is 0. The number of halogens is 3. The number of nitrogens with one attached hydrogen (secondary N) is 2. The second-order valence-corrected chi connectivity index (χ2v) is 5.46. The Morgan fingerprint density at radius 3 is 2.41 bits per heavy atom. The lowest BCUT2D eigenvalue weighted by atomic mass is 10.2. The molecule has 3 rings (SSSR count). The highest BCUT2D eigenvalue weighted by atomic mass is 19.2. The van der Waals surface area contributed by atoms with Gasteiger partial charge in [0.2, 0.25) is 0 Å². The fourth-order valence-electron chi connectivity index (χ4n) is 2.28. The van der Waals surface area contributed by atoms with E-state index in [1.54, 1.807) is 24.3 Å². The van der Waals surface area contributed by atoms with Crippen LogP contribution < -0.4 is 15.4 Å². The lowest BCUT2D eigenvalue weighted by molar-refractivity contribution is 0.102. The van der Waals surface area contributed by atoms with Crippen LogP contribution in [0.15, 0.2) is 54.7 Å². The molecule has 2 N–H and O–H groups in total. The first-order valence-electron chi connectivity index (χ1n) is 7.80. The summed E-state index contributed by atoms with van der Waals surface area (Å²) in [6.45, 7) is 0. The van der Waals surface area contributed by atoms with Gasteiger partial charge in [-0.2, -0.15) is 0 Å². The zero-order chi connectivity index (χ0) is 19.4. The number of hydrogen-bond donors (Lipinski definition) is 2. The zero-order valence-corrected chi connectivity index (χ0v) is 14.1. The topological polar surface area (TPSA) is 63.2 Å². The lowest BCUT2D eigenvalue weighted by Crippen LogP contribution is -2.13. The highest BCUT2D eigenvalue weighted by Gasteiger charge is 2.14. The van der Waals surface area contributed by atoms with E-state index in [2.05, 4.69) is 15.6 Å². The molecule has 0 spiro atoms. The number of benzene rings is 2. The number of anilines is 3. The lowest BCUT2D eigenvalue weighted by Gasteiger charge is -2.10. The summed E-state index contributed by atoms with van der Waals surface area (Å²) in [5.41, 5.74) is 0.614. The van der Waals surface area contributed by atoms with E-state index < -0.39 is 23.4 Å².